The number of carbonyl (C=O) groups excluding carboxylic acids is 6. The minimum Gasteiger partial charge on any atom is -0.726 e. The zero-order valence-electron chi connectivity index (χ0n) is 66.9. The van der Waals surface area contributed by atoms with E-state index in [1.54, 1.807) is 6.20 Å². The van der Waals surface area contributed by atoms with Crippen LogP contribution in [0.1, 0.15) is 85.8 Å². The van der Waals surface area contributed by atoms with Gasteiger partial charge in [-0.2, -0.15) is 0 Å². The second-order valence-corrected chi connectivity index (χ2v) is 30.2. The van der Waals surface area contributed by atoms with Crippen molar-refractivity contribution < 1.29 is 370 Å². The van der Waals surface area contributed by atoms with Crippen LogP contribution in [0.4, 0.5) is 0 Å². The molecule has 7 rings (SSSR count). The molecule has 6 saturated heterocycles. The summed E-state index contributed by atoms with van der Waals surface area (Å²) in [6, 6.07) is -3.29. The van der Waals surface area contributed by atoms with Crippen LogP contribution in [0.2, 0.25) is 0 Å². The second kappa shape index (κ2) is 58.8. The number of amides is 4. The van der Waals surface area contributed by atoms with Crippen molar-refractivity contribution in [3.8, 4) is 0 Å². The molecule has 648 valence electrons. The van der Waals surface area contributed by atoms with Crippen LogP contribution in [-0.2, 0) is 136 Å². The van der Waals surface area contributed by atoms with E-state index in [4.69, 9.17) is 124 Å². The molecule has 7 heterocycles. The fourth-order valence-electron chi connectivity index (χ4n) is 11.9. The van der Waals surface area contributed by atoms with Crippen molar-refractivity contribution in [3.05, 3.63) is 37.2 Å². The molecule has 49 nitrogen and oxygen atoms in total. The Morgan fingerprint density at radius 2 is 0.966 bits per heavy atom. The van der Waals surface area contributed by atoms with E-state index in [1.165, 1.54) is 14.5 Å². The molecule has 6 fully saturated rings. The average Bonchev–Trinajstić information content (AvgIpc) is 1.57. The summed E-state index contributed by atoms with van der Waals surface area (Å²) in [4.78, 5) is 81.6. The summed E-state index contributed by atoms with van der Waals surface area (Å²) in [5.41, 5.74) is 15.8. The molecule has 0 saturated carbocycles. The van der Waals surface area contributed by atoms with Crippen LogP contribution in [-0.4, -0.2) is 356 Å². The molecule has 0 aromatic carbocycles. The Bertz CT molecular complexity index is 3560. The summed E-state index contributed by atoms with van der Waals surface area (Å²) in [6.45, 7) is 19.1. The number of carboxylic acids is 2. The maximum absolute atomic E-state index is 13.9. The molecule has 1 aromatic rings. The average molecular weight is 1840 g/mol. The summed E-state index contributed by atoms with van der Waals surface area (Å²) in [5, 5.41) is 119. The SMILES string of the molecule is O=S(=O)([O-])O.O=S(=O)([O-])O.O=S(=O)=O.O=S(=O)=O.[CH2-]C1O[C@H](O[C@@H]2C(C(=O)[O-])O[C@@H](OCCCOCCNC(=O)CCC(=O)N(CCCCCN3C(=O)[C@@H]4[C@H](C3=O)[C@H](C(C)(C)C)O[C@@H]4C(C)(C)C)Cc3cn(CCOCCO[C@@H]4OC(C(=O)[O-])[C@@H](O[C@H]5OC([CH2-])[C@@H](O)[C@H](O)C5[NH-])[C@H](O)C4O)nn3)C(O)[C@H]2O)C([NH-])[C@@H](O)[C@@H]1O.[Na+].[Na+].[Na+].[Na+].[Na+].[Na+]. The number of carbonyl (C=O) groups is 6. The molecule has 0 radical (unpaired) electrons. The molecule has 13 N–H and O–H groups in total. The Labute approximate surface area is 815 Å². The molecule has 0 aliphatic carbocycles. The number of rotatable bonds is 32. The van der Waals surface area contributed by atoms with Crippen LogP contribution in [0.15, 0.2) is 6.20 Å². The number of aliphatic carboxylic acids is 2. The van der Waals surface area contributed by atoms with E-state index in [1.807, 2.05) is 41.5 Å². The van der Waals surface area contributed by atoms with Crippen molar-refractivity contribution in [2.75, 3.05) is 59.3 Å². The van der Waals surface area contributed by atoms with Gasteiger partial charge in [0.25, 0.3) is 0 Å². The smallest absolute Gasteiger partial charge is 0.726 e. The molecule has 8 unspecified atom stereocenters. The van der Waals surface area contributed by atoms with Crippen LogP contribution in [0, 0.1) is 36.5 Å². The molecule has 4 amide bonds. The molecule has 6 aliphatic rings. The number of fused-ring (bicyclic) bond motifs is 1. The number of hydrogen-bond donors (Lipinski definition) is 11. The summed E-state index contributed by atoms with van der Waals surface area (Å²) in [6.07, 6.45) is -29.2. The Morgan fingerprint density at radius 1 is 0.559 bits per heavy atom. The van der Waals surface area contributed by atoms with E-state index < -0.39 is 217 Å². The van der Waals surface area contributed by atoms with Gasteiger partial charge < -0.3 is 157 Å². The molecular weight excluding hydrogens is 1740 g/mol. The number of aliphatic hydroxyl groups is 8. The van der Waals surface area contributed by atoms with Crippen LogP contribution >= 0.6 is 0 Å². The van der Waals surface area contributed by atoms with Gasteiger partial charge in [0.2, 0.25) is 44.4 Å². The minimum atomic E-state index is -4.92. The summed E-state index contributed by atoms with van der Waals surface area (Å²) < 4.78 is 179. The molecule has 59 heteroatoms. The van der Waals surface area contributed by atoms with E-state index in [-0.39, 0.29) is 287 Å². The van der Waals surface area contributed by atoms with Gasteiger partial charge in [-0.1, -0.05) is 58.8 Å². The summed E-state index contributed by atoms with van der Waals surface area (Å²) in [5.74, 6) is -6.24. The van der Waals surface area contributed by atoms with Gasteiger partial charge >= 0.3 is 199 Å². The van der Waals surface area contributed by atoms with Crippen molar-refractivity contribution >= 4 is 77.6 Å². The van der Waals surface area contributed by atoms with Crippen LogP contribution in [0.25, 0.3) is 11.5 Å². The minimum absolute atomic E-state index is 0. The predicted octanol–water partition coefficient (Wildman–Crippen LogP) is -27.8. The number of imide groups is 1. The quantitative estimate of drug-likeness (QED) is 0.00797. The van der Waals surface area contributed by atoms with Gasteiger partial charge in [-0.25, -0.2) is 21.5 Å². The number of unbranched alkanes of at least 4 members (excludes halogenated alkanes) is 2. The molecule has 118 heavy (non-hydrogen) atoms. The predicted molar refractivity (Wildman–Crippen MR) is 354 cm³/mol. The van der Waals surface area contributed by atoms with Crippen molar-refractivity contribution in [1.82, 2.24) is 30.1 Å². The first kappa shape index (κ1) is 125. The first-order valence-electron chi connectivity index (χ1n) is 33.8. The van der Waals surface area contributed by atoms with Gasteiger partial charge in [0, 0.05) is 39.1 Å². The maximum atomic E-state index is 13.9. The third-order valence-corrected chi connectivity index (χ3v) is 17.1. The largest absolute Gasteiger partial charge is 1.00 e. The number of nitrogens with one attached hydrogen (secondary N) is 3. The first-order chi connectivity index (χ1) is 51.7. The number of carboxylic acid groups (broad SMARTS) is 2. The van der Waals surface area contributed by atoms with E-state index in [9.17, 15) is 79.8 Å². The second-order valence-electron chi connectivity index (χ2n) is 27.6. The zero-order valence-corrected chi connectivity index (χ0v) is 82.1. The molecule has 1 aromatic heterocycles. The fourth-order valence-corrected chi connectivity index (χ4v) is 11.9. The standard InChI is InChI=1S/C59H94N8O27.6Na.2H2O4S.2O3S/c1-27-36(70)38(72)34(60)54(88-27)90-44-40(74)42(76)56(92-46(44)52(80)81)86-20-12-19-84-21-15-62-30(68)13-14-31(69)65(16-10-9-11-17-67-50(78)32-33(51(67)79)49(59(6,7)8)94-48(32)58(3,4)5)25-29-26-66(64-63-29)18-22-85-23-24-87-57-43(77)41(75)45(47(93-57)53(82)83)91-55-35(61)39(73)37(71)28(2)89-55;;;;;;;2*1-5(2,3)4;2*1-4(2)3/h26-28,32-49,54-57,60-61,70-77H,1-2,9-25H2,3-8H3,(H,62,68)(H,80,81)(H,82,83);;;;;;;2*(H2,1,2,3,4);;/q-4;6*+1;;;;/p-4/t27?,28?,32-,33+,34?,35?,36-,37-,38-,39-,40-,41-,42?,43?,44+,45+,46?,47?,48+,49-,54-,55-,56-,57-;;;;;;;;;;/m1........../s1. The van der Waals surface area contributed by atoms with Crippen LogP contribution < -0.4 is 193 Å². The van der Waals surface area contributed by atoms with Crippen LogP contribution in [0.5, 0.6) is 0 Å². The normalized spacial score (nSPS) is 30.4. The molecule has 24 atom stereocenters. The topological polar surface area (TPSA) is 766 Å². The number of nitrogens with zero attached hydrogens (tertiary/aromatic N) is 5. The van der Waals surface area contributed by atoms with Crippen molar-refractivity contribution in [1.29, 1.82) is 0 Å². The number of hydrogen-bond acceptors (Lipinski definition) is 41. The number of aromatic nitrogens is 3. The Balaban J connectivity index is -0.00000245. The number of ether oxygens (including phenoxy) is 11. The van der Waals surface area contributed by atoms with Gasteiger partial charge in [-0.3, -0.25) is 33.2 Å². The van der Waals surface area contributed by atoms with Crippen molar-refractivity contribution in [3.63, 3.8) is 0 Å². The Hall–Kier alpha value is 0.300. The van der Waals surface area contributed by atoms with Crippen molar-refractivity contribution in [2.45, 2.75) is 228 Å². The first-order valence-corrected chi connectivity index (χ1v) is 38.5. The van der Waals surface area contributed by atoms with Crippen molar-refractivity contribution in [2.24, 2.45) is 22.7 Å². The van der Waals surface area contributed by atoms with E-state index in [0.717, 1.165) is 0 Å². The number of likely N-dealkylation sites (tertiary alicyclic amines) is 1. The van der Waals surface area contributed by atoms with E-state index in [0.29, 0.717) is 25.0 Å². The maximum Gasteiger partial charge on any atom is 1.00 e. The molecule has 0 spiro atoms. The zero-order chi connectivity index (χ0) is 85.4. The van der Waals surface area contributed by atoms with E-state index in [2.05, 4.69) is 29.5 Å². The summed E-state index contributed by atoms with van der Waals surface area (Å²) >= 11 is 0. The summed E-state index contributed by atoms with van der Waals surface area (Å²) in [7, 11) is -16.1. The Kier molecular flexibility index (Phi) is 62.1. The van der Waals surface area contributed by atoms with Gasteiger partial charge in [-0.15, -0.1) is 30.4 Å². The van der Waals surface area contributed by atoms with E-state index >= 15 is 0 Å². The third-order valence-electron chi connectivity index (χ3n) is 17.1. The molecule has 0 bridgehead atoms. The van der Waals surface area contributed by atoms with Gasteiger partial charge in [0.1, 0.15) is 67.1 Å². The molecule has 6 aliphatic heterocycles. The Morgan fingerprint density at radius 3 is 1.37 bits per heavy atom. The van der Waals surface area contributed by atoms with Gasteiger partial charge in [0.05, 0.1) is 113 Å². The number of aliphatic hydroxyl groups excluding tert-OH is 8. The monoisotopic (exact) mass is 1840 g/mol. The third kappa shape index (κ3) is 42.7. The fraction of sp³-hybridized carbons (Fsp3) is 0.831. The molecular formula is C59H94N8Na6O41S4-2. The van der Waals surface area contributed by atoms with Gasteiger partial charge in [0.15, 0.2) is 12.6 Å². The van der Waals surface area contributed by atoms with Gasteiger partial charge in [-0.05, 0) is 48.7 Å². The van der Waals surface area contributed by atoms with Crippen LogP contribution in [0.3, 0.4) is 0 Å².